The summed E-state index contributed by atoms with van der Waals surface area (Å²) in [5, 5.41) is 10.6. The molecule has 1 fully saturated rings. The van der Waals surface area contributed by atoms with Gasteiger partial charge in [0.15, 0.2) is 5.12 Å². The molecule has 1 aliphatic heterocycles. The van der Waals surface area contributed by atoms with E-state index in [-0.39, 0.29) is 35.6 Å². The largest absolute Gasteiger partial charge is 0.305 e. The van der Waals surface area contributed by atoms with Crippen molar-refractivity contribution in [3.63, 3.8) is 0 Å². The summed E-state index contributed by atoms with van der Waals surface area (Å²) < 4.78 is 13.6. The van der Waals surface area contributed by atoms with Gasteiger partial charge < -0.3 is 4.90 Å². The fraction of sp³-hybridized carbons (Fsp3) is 0.385. The predicted molar refractivity (Wildman–Crippen MR) is 81.7 cm³/mol. The van der Waals surface area contributed by atoms with E-state index in [1.165, 1.54) is 6.92 Å². The Morgan fingerprint density at radius 2 is 2.27 bits per heavy atom. The Bertz CT molecular complexity index is 655. The van der Waals surface area contributed by atoms with Gasteiger partial charge >= 0.3 is 0 Å². The van der Waals surface area contributed by atoms with E-state index in [1.54, 1.807) is 0 Å². The lowest BCUT2D eigenvalue weighted by Gasteiger charge is -2.18. The lowest BCUT2D eigenvalue weighted by Crippen LogP contribution is -2.26. The highest BCUT2D eigenvalue weighted by Crippen LogP contribution is 2.40. The summed E-state index contributed by atoms with van der Waals surface area (Å²) in [7, 11) is 0. The summed E-state index contributed by atoms with van der Waals surface area (Å²) in [5.74, 6) is -0.903. The van der Waals surface area contributed by atoms with Crippen LogP contribution in [0.3, 0.4) is 0 Å². The average molecular weight is 347 g/mol. The van der Waals surface area contributed by atoms with Crippen LogP contribution in [0.15, 0.2) is 12.1 Å². The minimum Gasteiger partial charge on any atom is -0.305 e. The van der Waals surface area contributed by atoms with Crippen LogP contribution >= 0.6 is 23.4 Å². The van der Waals surface area contributed by atoms with Crippen LogP contribution in [0, 0.1) is 21.8 Å². The van der Waals surface area contributed by atoms with Crippen molar-refractivity contribution >= 4 is 45.8 Å². The maximum Gasteiger partial charge on any atom is 0.294 e. The number of nitro groups is 1. The number of benzene rings is 1. The number of carbonyl (C=O) groups excluding carboxylic acids is 2. The third-order valence-electron chi connectivity index (χ3n) is 3.24. The second-order valence-corrected chi connectivity index (χ2v) is 6.44. The molecule has 1 unspecified atom stereocenters. The van der Waals surface area contributed by atoms with Crippen molar-refractivity contribution in [2.24, 2.45) is 5.92 Å². The van der Waals surface area contributed by atoms with Crippen LogP contribution in [0.1, 0.15) is 13.3 Å². The number of hydrogen-bond acceptors (Lipinski definition) is 5. The van der Waals surface area contributed by atoms with Gasteiger partial charge in [-0.1, -0.05) is 23.4 Å². The van der Waals surface area contributed by atoms with Gasteiger partial charge in [0.25, 0.3) is 5.69 Å². The molecule has 0 saturated carbocycles. The Morgan fingerprint density at radius 3 is 2.86 bits per heavy atom. The van der Waals surface area contributed by atoms with E-state index in [4.69, 9.17) is 11.6 Å². The maximum absolute atomic E-state index is 13.6. The van der Waals surface area contributed by atoms with E-state index in [9.17, 15) is 24.1 Å². The molecular weight excluding hydrogens is 335 g/mol. The van der Waals surface area contributed by atoms with Crippen LogP contribution in [0.4, 0.5) is 15.8 Å². The van der Waals surface area contributed by atoms with E-state index in [0.29, 0.717) is 5.75 Å². The maximum atomic E-state index is 13.6. The molecule has 0 N–H and O–H groups in total. The first-order valence-electron chi connectivity index (χ1n) is 6.37. The molecule has 1 heterocycles. The van der Waals surface area contributed by atoms with Gasteiger partial charge in [0.1, 0.15) is 16.5 Å². The van der Waals surface area contributed by atoms with E-state index in [2.05, 4.69) is 0 Å². The van der Waals surface area contributed by atoms with E-state index < -0.39 is 21.5 Å². The first-order valence-corrected chi connectivity index (χ1v) is 7.73. The van der Waals surface area contributed by atoms with Crippen LogP contribution in [-0.2, 0) is 9.59 Å². The first-order chi connectivity index (χ1) is 10.3. The normalized spacial score (nSPS) is 17.9. The minimum atomic E-state index is -0.823. The lowest BCUT2D eigenvalue weighted by atomic mass is 10.1. The van der Waals surface area contributed by atoms with Gasteiger partial charge in [-0.15, -0.1) is 0 Å². The Labute approximate surface area is 134 Å². The van der Waals surface area contributed by atoms with Gasteiger partial charge in [0, 0.05) is 31.7 Å². The molecule has 1 aliphatic rings. The van der Waals surface area contributed by atoms with Crippen molar-refractivity contribution in [1.29, 1.82) is 0 Å². The molecule has 0 bridgehead atoms. The highest BCUT2D eigenvalue weighted by molar-refractivity contribution is 8.13. The second-order valence-electron chi connectivity index (χ2n) is 4.86. The molecule has 1 saturated heterocycles. The standard InChI is InChI=1S/C13H12ClFN2O4S/c1-7(18)22-6-8-4-11(19)16(5-8)13-10(17(20)21)3-2-9(15)12(13)14/h2-3,8H,4-6H2,1H3. The molecule has 0 spiro atoms. The van der Waals surface area contributed by atoms with Gasteiger partial charge in [-0.25, -0.2) is 4.39 Å². The van der Waals surface area contributed by atoms with Crippen LogP contribution in [0.2, 0.25) is 5.02 Å². The highest BCUT2D eigenvalue weighted by atomic mass is 35.5. The average Bonchev–Trinajstić information content (AvgIpc) is 2.80. The Morgan fingerprint density at radius 1 is 1.59 bits per heavy atom. The van der Waals surface area contributed by atoms with Gasteiger partial charge in [-0.2, -0.15) is 0 Å². The van der Waals surface area contributed by atoms with Crippen molar-refractivity contribution in [3.05, 3.63) is 33.1 Å². The smallest absolute Gasteiger partial charge is 0.294 e. The second kappa shape index (κ2) is 6.62. The zero-order valence-corrected chi connectivity index (χ0v) is 13.1. The van der Waals surface area contributed by atoms with Crippen molar-refractivity contribution in [2.75, 3.05) is 17.2 Å². The van der Waals surface area contributed by atoms with Crippen molar-refractivity contribution in [3.8, 4) is 0 Å². The summed E-state index contributed by atoms with van der Waals surface area (Å²) in [6, 6.07) is 1.88. The third kappa shape index (κ3) is 3.38. The quantitative estimate of drug-likeness (QED) is 0.618. The Hall–Kier alpha value is -1.67. The first kappa shape index (κ1) is 16.7. The zero-order chi connectivity index (χ0) is 16.4. The summed E-state index contributed by atoms with van der Waals surface area (Å²) in [4.78, 5) is 34.6. The fourth-order valence-corrected chi connectivity index (χ4v) is 3.23. The number of anilines is 1. The molecule has 1 atom stereocenters. The minimum absolute atomic E-state index is 0.0688. The van der Waals surface area contributed by atoms with Gasteiger partial charge in [0.05, 0.1) is 4.92 Å². The SMILES string of the molecule is CC(=O)SCC1CC(=O)N(c2c([N+](=O)[O-])ccc(F)c2Cl)C1. The van der Waals surface area contributed by atoms with Gasteiger partial charge in [-0.05, 0) is 12.0 Å². The third-order valence-corrected chi connectivity index (χ3v) is 4.65. The lowest BCUT2D eigenvalue weighted by molar-refractivity contribution is -0.384. The number of carbonyl (C=O) groups is 2. The van der Waals surface area contributed by atoms with Crippen molar-refractivity contribution in [2.45, 2.75) is 13.3 Å². The van der Waals surface area contributed by atoms with Gasteiger partial charge in [-0.3, -0.25) is 19.7 Å². The summed E-state index contributed by atoms with van der Waals surface area (Å²) >= 11 is 6.92. The highest BCUT2D eigenvalue weighted by Gasteiger charge is 2.36. The number of amides is 1. The number of thioether (sulfide) groups is 1. The molecule has 22 heavy (non-hydrogen) atoms. The Balaban J connectivity index is 2.32. The molecule has 0 aromatic heterocycles. The molecule has 0 radical (unpaired) electrons. The predicted octanol–water partition coefficient (Wildman–Crippen LogP) is 3.02. The van der Waals surface area contributed by atoms with Crippen molar-refractivity contribution in [1.82, 2.24) is 0 Å². The van der Waals surface area contributed by atoms with Crippen LogP contribution in [-0.4, -0.2) is 28.2 Å². The number of rotatable bonds is 4. The van der Waals surface area contributed by atoms with E-state index in [1.807, 2.05) is 0 Å². The topological polar surface area (TPSA) is 80.5 Å². The number of halogens is 2. The van der Waals surface area contributed by atoms with Crippen LogP contribution < -0.4 is 4.90 Å². The molecule has 1 amide bonds. The van der Waals surface area contributed by atoms with Crippen LogP contribution in [0.5, 0.6) is 0 Å². The molecule has 118 valence electrons. The molecule has 6 nitrogen and oxygen atoms in total. The fourth-order valence-electron chi connectivity index (χ4n) is 2.28. The number of hydrogen-bond donors (Lipinski definition) is 0. The summed E-state index contributed by atoms with van der Waals surface area (Å²) in [6.07, 6.45) is 0.143. The Kier molecular flexibility index (Phi) is 5.02. The molecule has 1 aromatic carbocycles. The van der Waals surface area contributed by atoms with E-state index in [0.717, 1.165) is 28.8 Å². The summed E-state index contributed by atoms with van der Waals surface area (Å²) in [6.45, 7) is 1.59. The number of nitro benzene ring substituents is 1. The van der Waals surface area contributed by atoms with E-state index >= 15 is 0 Å². The molecule has 0 aliphatic carbocycles. The van der Waals surface area contributed by atoms with Gasteiger partial charge in [0.2, 0.25) is 5.91 Å². The van der Waals surface area contributed by atoms with Crippen LogP contribution in [0.25, 0.3) is 0 Å². The molecule has 9 heteroatoms. The molecule has 1 aromatic rings. The zero-order valence-electron chi connectivity index (χ0n) is 11.5. The molecule has 2 rings (SSSR count). The summed E-state index contributed by atoms with van der Waals surface area (Å²) in [5.41, 5.74) is -0.633. The number of nitrogens with zero attached hydrogens (tertiary/aromatic N) is 2. The monoisotopic (exact) mass is 346 g/mol. The van der Waals surface area contributed by atoms with Crippen molar-refractivity contribution < 1.29 is 18.9 Å². The molecular formula is C13H12ClFN2O4S.